The highest BCUT2D eigenvalue weighted by Gasteiger charge is 2.60. The van der Waals surface area contributed by atoms with E-state index in [1.165, 1.54) is 51.4 Å². The van der Waals surface area contributed by atoms with Crippen molar-refractivity contribution in [3.8, 4) is 0 Å². The zero-order chi connectivity index (χ0) is 20.3. The van der Waals surface area contributed by atoms with E-state index in [1.807, 2.05) is 14.1 Å². The third kappa shape index (κ3) is 3.56. The van der Waals surface area contributed by atoms with Gasteiger partial charge in [0.25, 0.3) is 0 Å². The summed E-state index contributed by atoms with van der Waals surface area (Å²) >= 11 is 0. The van der Waals surface area contributed by atoms with Crippen LogP contribution in [0, 0.1) is 23.2 Å². The van der Waals surface area contributed by atoms with Crippen molar-refractivity contribution in [2.75, 3.05) is 14.1 Å². The predicted molar refractivity (Wildman–Crippen MR) is 124 cm³/mol. The van der Waals surface area contributed by atoms with Crippen LogP contribution in [0.3, 0.4) is 0 Å². The summed E-state index contributed by atoms with van der Waals surface area (Å²) in [7, 11) is 3.75. The van der Waals surface area contributed by atoms with Crippen molar-refractivity contribution < 1.29 is 0 Å². The van der Waals surface area contributed by atoms with Gasteiger partial charge < -0.3 is 5.32 Å². The van der Waals surface area contributed by atoms with Gasteiger partial charge in [-0.25, -0.2) is 0 Å². The number of nitrogens with one attached hydrogen (secondary N) is 1. The lowest BCUT2D eigenvalue weighted by molar-refractivity contribution is -0.0927. The topological polar surface area (TPSA) is 12.0 Å². The first-order chi connectivity index (χ1) is 14.2. The van der Waals surface area contributed by atoms with Crippen molar-refractivity contribution in [3.63, 3.8) is 0 Å². The fourth-order valence-corrected chi connectivity index (χ4v) is 7.79. The molecule has 0 aromatic heterocycles. The minimum atomic E-state index is 0.195. The minimum absolute atomic E-state index is 0.195. The molecule has 2 aromatic carbocycles. The van der Waals surface area contributed by atoms with Gasteiger partial charge in [0.05, 0.1) is 0 Å². The molecule has 1 nitrogen and oxygen atoms in total. The number of benzene rings is 2. The first-order valence-corrected chi connectivity index (χ1v) is 11.9. The maximum atomic E-state index is 2.75. The van der Waals surface area contributed by atoms with Crippen molar-refractivity contribution in [2.45, 2.75) is 63.7 Å². The Morgan fingerprint density at radius 1 is 0.759 bits per heavy atom. The van der Waals surface area contributed by atoms with Gasteiger partial charge in [0, 0.05) is 5.41 Å². The van der Waals surface area contributed by atoms with E-state index in [-0.39, 0.29) is 5.41 Å². The zero-order valence-electron chi connectivity index (χ0n) is 18.7. The Kier molecular flexibility index (Phi) is 6.16. The second-order valence-electron chi connectivity index (χ2n) is 10.1. The van der Waals surface area contributed by atoms with Gasteiger partial charge in [0.1, 0.15) is 0 Å². The molecule has 4 saturated carbocycles. The fraction of sp³-hybridized carbons (Fsp3) is 0.571. The molecule has 0 amide bonds. The Labute approximate surface area is 178 Å². The van der Waals surface area contributed by atoms with E-state index in [4.69, 9.17) is 0 Å². The van der Waals surface area contributed by atoms with E-state index in [2.05, 4.69) is 72.9 Å². The van der Waals surface area contributed by atoms with Gasteiger partial charge in [-0.05, 0) is 93.3 Å². The van der Waals surface area contributed by atoms with E-state index in [0.717, 1.165) is 17.8 Å². The van der Waals surface area contributed by atoms with Crippen molar-refractivity contribution >= 4 is 0 Å². The predicted octanol–water partition coefficient (Wildman–Crippen LogP) is 6.82. The summed E-state index contributed by atoms with van der Waals surface area (Å²) in [5, 5.41) is 2.75. The molecule has 1 N–H and O–H groups in total. The monoisotopic (exact) mass is 389 g/mol. The molecule has 0 saturated heterocycles. The van der Waals surface area contributed by atoms with Crippen LogP contribution in [-0.2, 0) is 5.41 Å². The van der Waals surface area contributed by atoms with Crippen LogP contribution in [0.2, 0.25) is 0 Å². The van der Waals surface area contributed by atoms with Crippen molar-refractivity contribution in [3.05, 3.63) is 71.8 Å². The summed E-state index contributed by atoms with van der Waals surface area (Å²) < 4.78 is 0. The van der Waals surface area contributed by atoms with Crippen LogP contribution in [0.1, 0.15) is 69.4 Å². The molecule has 156 valence electrons. The highest BCUT2D eigenvalue weighted by molar-refractivity contribution is 5.43. The molecule has 0 heterocycles. The van der Waals surface area contributed by atoms with E-state index in [0.29, 0.717) is 5.41 Å². The number of hydrogen-bond donors (Lipinski definition) is 1. The van der Waals surface area contributed by atoms with Crippen LogP contribution in [0.15, 0.2) is 60.7 Å². The lowest BCUT2D eigenvalue weighted by Gasteiger charge is -2.64. The fourth-order valence-electron chi connectivity index (χ4n) is 7.79. The molecule has 4 aliphatic rings. The molecular formula is C28H39N. The van der Waals surface area contributed by atoms with Crippen LogP contribution < -0.4 is 5.32 Å². The molecule has 2 aromatic rings. The Morgan fingerprint density at radius 3 is 1.48 bits per heavy atom. The van der Waals surface area contributed by atoms with Crippen LogP contribution in [0.4, 0.5) is 0 Å². The molecule has 0 atom stereocenters. The maximum Gasteiger partial charge on any atom is 0.0259 e. The summed E-state index contributed by atoms with van der Waals surface area (Å²) in [6.07, 6.45) is 11.5. The average molecular weight is 390 g/mol. The third-order valence-electron chi connectivity index (χ3n) is 8.10. The summed E-state index contributed by atoms with van der Waals surface area (Å²) in [6, 6.07) is 23.2. The Hall–Kier alpha value is -1.60. The molecule has 0 radical (unpaired) electrons. The Balaban J connectivity index is 0.000000645. The van der Waals surface area contributed by atoms with Crippen molar-refractivity contribution in [1.82, 2.24) is 5.32 Å². The summed E-state index contributed by atoms with van der Waals surface area (Å²) in [5.41, 5.74) is 3.82. The molecule has 0 aliphatic heterocycles. The smallest absolute Gasteiger partial charge is 0.0259 e. The van der Waals surface area contributed by atoms with E-state index < -0.39 is 0 Å². The minimum Gasteiger partial charge on any atom is -0.323 e. The summed E-state index contributed by atoms with van der Waals surface area (Å²) in [6.45, 7) is 2.39. The molecular weight excluding hydrogens is 350 g/mol. The summed E-state index contributed by atoms with van der Waals surface area (Å²) in [4.78, 5) is 0. The van der Waals surface area contributed by atoms with E-state index >= 15 is 0 Å². The zero-order valence-corrected chi connectivity index (χ0v) is 18.7. The quantitative estimate of drug-likeness (QED) is 0.591. The molecule has 6 rings (SSSR count). The number of rotatable bonds is 5. The van der Waals surface area contributed by atoms with E-state index in [1.54, 1.807) is 11.1 Å². The lowest BCUT2D eigenvalue weighted by Crippen LogP contribution is -2.57. The van der Waals surface area contributed by atoms with E-state index in [9.17, 15) is 0 Å². The SMILES string of the molecule is CCCC(c1ccccc1)(c1ccccc1)C12CC3CC(CC(C3)C1)C2.CNC. The third-order valence-corrected chi connectivity index (χ3v) is 8.10. The van der Waals surface area contributed by atoms with Gasteiger partial charge >= 0.3 is 0 Å². The highest BCUT2D eigenvalue weighted by atomic mass is 14.7. The molecule has 4 fully saturated rings. The maximum absolute atomic E-state index is 2.75. The van der Waals surface area contributed by atoms with Gasteiger partial charge in [0.15, 0.2) is 0 Å². The van der Waals surface area contributed by atoms with Crippen LogP contribution >= 0.6 is 0 Å². The van der Waals surface area contributed by atoms with Crippen LogP contribution in [0.5, 0.6) is 0 Å². The lowest BCUT2D eigenvalue weighted by atomic mass is 9.40. The largest absolute Gasteiger partial charge is 0.323 e. The molecule has 4 bridgehead atoms. The second-order valence-corrected chi connectivity index (χ2v) is 10.1. The standard InChI is InChI=1S/C26H32.C2H7N/c1-2-13-26(23-9-5-3-6-10-23,24-11-7-4-8-12-24)25-17-20-14-21(18-25)16-22(15-20)19-25;1-3-2/h3-12,20-22H,2,13-19H2,1H3;3H,1-2H3. The average Bonchev–Trinajstić information content (AvgIpc) is 2.73. The molecule has 4 aliphatic carbocycles. The summed E-state index contributed by atoms with van der Waals surface area (Å²) in [5.74, 6) is 2.97. The first kappa shape index (κ1) is 20.7. The van der Waals surface area contributed by atoms with Gasteiger partial charge in [-0.2, -0.15) is 0 Å². The molecule has 0 unspecified atom stereocenters. The Morgan fingerprint density at radius 2 is 1.14 bits per heavy atom. The van der Waals surface area contributed by atoms with Gasteiger partial charge in [0.2, 0.25) is 0 Å². The van der Waals surface area contributed by atoms with Gasteiger partial charge in [-0.15, -0.1) is 0 Å². The van der Waals surface area contributed by atoms with Crippen LogP contribution in [-0.4, -0.2) is 14.1 Å². The van der Waals surface area contributed by atoms with Crippen LogP contribution in [0.25, 0.3) is 0 Å². The molecule has 1 heteroatoms. The first-order valence-electron chi connectivity index (χ1n) is 11.9. The van der Waals surface area contributed by atoms with Crippen molar-refractivity contribution in [2.24, 2.45) is 23.2 Å². The van der Waals surface area contributed by atoms with Gasteiger partial charge in [-0.1, -0.05) is 74.0 Å². The Bertz CT molecular complexity index is 689. The number of hydrogen-bond acceptors (Lipinski definition) is 1. The highest BCUT2D eigenvalue weighted by Crippen LogP contribution is 2.68. The molecule has 29 heavy (non-hydrogen) atoms. The van der Waals surface area contributed by atoms with Crippen molar-refractivity contribution in [1.29, 1.82) is 0 Å². The molecule has 0 spiro atoms. The normalized spacial score (nSPS) is 30.0. The van der Waals surface area contributed by atoms with Gasteiger partial charge in [-0.3, -0.25) is 0 Å². The second kappa shape index (κ2) is 8.64.